The minimum Gasteiger partial charge on any atom is -0.464 e. The highest BCUT2D eigenvalue weighted by Gasteiger charge is 2.50. The van der Waals surface area contributed by atoms with Gasteiger partial charge in [-0.3, -0.25) is 14.5 Å². The number of nitrogens with one attached hydrogen (secondary N) is 1. The molecule has 2 heterocycles. The first-order chi connectivity index (χ1) is 14.7. The summed E-state index contributed by atoms with van der Waals surface area (Å²) in [5, 5.41) is 3.15. The van der Waals surface area contributed by atoms with Gasteiger partial charge >= 0.3 is 5.97 Å². The van der Waals surface area contributed by atoms with Crippen LogP contribution in [0.15, 0.2) is 24.5 Å². The summed E-state index contributed by atoms with van der Waals surface area (Å²) in [4.78, 5) is 45.2. The standard InChI is InChI=1S/C23H28N4O4/c1-14-9-15(2)11-17(10-14)27-20(28)19-18(21(29)31-4)24-13-26(19)12-23(27,3)22(30)25-16-7-5-6-8-16/h9-11,13,16H,5-8,12H2,1-4H3,(H,25,30)/t23-/m0/s1. The SMILES string of the molecule is COC(=O)c1ncn2c1C(=O)N(c1cc(C)cc(C)c1)[C@](C)(C(=O)NC1CCCC1)C2. The predicted molar refractivity (Wildman–Crippen MR) is 115 cm³/mol. The van der Waals surface area contributed by atoms with E-state index in [1.807, 2.05) is 32.0 Å². The van der Waals surface area contributed by atoms with Gasteiger partial charge in [-0.1, -0.05) is 18.9 Å². The predicted octanol–water partition coefficient (Wildman–Crippen LogP) is 2.76. The number of nitrogens with zero attached hydrogens (tertiary/aromatic N) is 3. The van der Waals surface area contributed by atoms with Gasteiger partial charge in [0.15, 0.2) is 5.69 Å². The van der Waals surface area contributed by atoms with Crippen LogP contribution in [0.1, 0.15) is 64.7 Å². The molecule has 2 amide bonds. The maximum absolute atomic E-state index is 13.8. The van der Waals surface area contributed by atoms with E-state index in [1.54, 1.807) is 11.5 Å². The molecule has 8 nitrogen and oxygen atoms in total. The normalized spacial score (nSPS) is 21.2. The van der Waals surface area contributed by atoms with Crippen LogP contribution in [0.5, 0.6) is 0 Å². The number of carbonyl (C=O) groups excluding carboxylic acids is 3. The van der Waals surface area contributed by atoms with Crippen molar-refractivity contribution >= 4 is 23.5 Å². The Morgan fingerprint density at radius 1 is 1.16 bits per heavy atom. The van der Waals surface area contributed by atoms with Gasteiger partial charge in [0.05, 0.1) is 20.0 Å². The number of anilines is 1. The summed E-state index contributed by atoms with van der Waals surface area (Å²) >= 11 is 0. The zero-order valence-electron chi connectivity index (χ0n) is 18.4. The van der Waals surface area contributed by atoms with Crippen LogP contribution in [-0.4, -0.2) is 46.0 Å². The molecule has 1 fully saturated rings. The van der Waals surface area contributed by atoms with Gasteiger partial charge < -0.3 is 14.6 Å². The van der Waals surface area contributed by atoms with Crippen molar-refractivity contribution in [3.8, 4) is 0 Å². The van der Waals surface area contributed by atoms with E-state index in [9.17, 15) is 14.4 Å². The van der Waals surface area contributed by atoms with E-state index in [0.29, 0.717) is 5.69 Å². The Morgan fingerprint density at radius 2 is 1.81 bits per heavy atom. The van der Waals surface area contributed by atoms with E-state index in [0.717, 1.165) is 36.8 Å². The Labute approximate surface area is 181 Å². The third-order valence-corrected chi connectivity index (χ3v) is 6.24. The zero-order valence-corrected chi connectivity index (χ0v) is 18.4. The summed E-state index contributed by atoms with van der Waals surface area (Å²) in [5.74, 6) is -1.33. The fourth-order valence-electron chi connectivity index (χ4n) is 4.77. The van der Waals surface area contributed by atoms with Gasteiger partial charge in [-0.25, -0.2) is 9.78 Å². The molecule has 0 bridgehead atoms. The molecule has 1 saturated carbocycles. The average molecular weight is 425 g/mol. The maximum atomic E-state index is 13.8. The molecule has 2 aromatic rings. The highest BCUT2D eigenvalue weighted by Crippen LogP contribution is 2.35. The van der Waals surface area contributed by atoms with E-state index < -0.39 is 17.4 Å². The number of aromatic nitrogens is 2. The minimum atomic E-state index is -1.18. The van der Waals surface area contributed by atoms with Gasteiger partial charge in [-0.05, 0) is 56.9 Å². The molecule has 164 valence electrons. The Balaban J connectivity index is 1.83. The van der Waals surface area contributed by atoms with Crippen molar-refractivity contribution < 1.29 is 19.1 Å². The number of amides is 2. The summed E-state index contributed by atoms with van der Waals surface area (Å²) in [6.07, 6.45) is 5.51. The molecule has 1 aromatic heterocycles. The fourth-order valence-corrected chi connectivity index (χ4v) is 4.77. The molecule has 1 atom stereocenters. The van der Waals surface area contributed by atoms with Crippen LogP contribution in [0.3, 0.4) is 0 Å². The number of benzene rings is 1. The van der Waals surface area contributed by atoms with E-state index in [-0.39, 0.29) is 29.9 Å². The summed E-state index contributed by atoms with van der Waals surface area (Å²) in [7, 11) is 1.25. The van der Waals surface area contributed by atoms with Gasteiger partial charge in [0.25, 0.3) is 5.91 Å². The number of rotatable bonds is 4. The van der Waals surface area contributed by atoms with E-state index >= 15 is 0 Å². The molecule has 0 unspecified atom stereocenters. The molecule has 1 aliphatic heterocycles. The van der Waals surface area contributed by atoms with Crippen LogP contribution in [0.25, 0.3) is 0 Å². The second-order valence-corrected chi connectivity index (χ2v) is 8.78. The molecular formula is C23H28N4O4. The fraction of sp³-hybridized carbons (Fsp3) is 0.478. The molecule has 8 heteroatoms. The summed E-state index contributed by atoms with van der Waals surface area (Å²) in [6, 6.07) is 5.90. The van der Waals surface area contributed by atoms with Gasteiger partial charge in [-0.15, -0.1) is 0 Å². The first-order valence-corrected chi connectivity index (χ1v) is 10.6. The van der Waals surface area contributed by atoms with Crippen LogP contribution in [-0.2, 0) is 16.1 Å². The minimum absolute atomic E-state index is 0.0415. The average Bonchev–Trinajstić information content (AvgIpc) is 3.36. The van der Waals surface area contributed by atoms with Crippen molar-refractivity contribution in [3.05, 3.63) is 47.0 Å². The molecular weight excluding hydrogens is 396 g/mol. The summed E-state index contributed by atoms with van der Waals surface area (Å²) < 4.78 is 6.40. The third-order valence-electron chi connectivity index (χ3n) is 6.24. The quantitative estimate of drug-likeness (QED) is 0.762. The molecule has 4 rings (SSSR count). The second kappa shape index (κ2) is 7.83. The third kappa shape index (κ3) is 3.60. The molecule has 1 N–H and O–H groups in total. The molecule has 2 aliphatic rings. The highest BCUT2D eigenvalue weighted by molar-refractivity contribution is 6.15. The molecule has 31 heavy (non-hydrogen) atoms. The monoisotopic (exact) mass is 424 g/mol. The van der Waals surface area contributed by atoms with Crippen molar-refractivity contribution in [1.29, 1.82) is 0 Å². The van der Waals surface area contributed by atoms with Gasteiger partial charge in [0.1, 0.15) is 11.2 Å². The van der Waals surface area contributed by atoms with Gasteiger partial charge in [-0.2, -0.15) is 0 Å². The number of carbonyl (C=O) groups is 3. The smallest absolute Gasteiger partial charge is 0.359 e. The van der Waals surface area contributed by atoms with Crippen LogP contribution in [0, 0.1) is 13.8 Å². The number of esters is 1. The maximum Gasteiger partial charge on any atom is 0.359 e. The van der Waals surface area contributed by atoms with Gasteiger partial charge in [0, 0.05) is 11.7 Å². The number of ether oxygens (including phenoxy) is 1. The lowest BCUT2D eigenvalue weighted by Gasteiger charge is -2.44. The number of hydrogen-bond acceptors (Lipinski definition) is 5. The molecule has 1 aliphatic carbocycles. The molecule has 0 spiro atoms. The lowest BCUT2D eigenvalue weighted by atomic mass is 9.92. The van der Waals surface area contributed by atoms with Gasteiger partial charge in [0.2, 0.25) is 5.91 Å². The van der Waals surface area contributed by atoms with Crippen LogP contribution >= 0.6 is 0 Å². The van der Waals surface area contributed by atoms with Crippen LogP contribution in [0.2, 0.25) is 0 Å². The van der Waals surface area contributed by atoms with E-state index in [1.165, 1.54) is 18.3 Å². The number of fused-ring (bicyclic) bond motifs is 1. The van der Waals surface area contributed by atoms with Crippen molar-refractivity contribution in [1.82, 2.24) is 14.9 Å². The van der Waals surface area contributed by atoms with E-state index in [2.05, 4.69) is 10.3 Å². The Morgan fingerprint density at radius 3 is 2.42 bits per heavy atom. The zero-order chi connectivity index (χ0) is 22.3. The summed E-state index contributed by atoms with van der Waals surface area (Å²) in [6.45, 7) is 5.85. The Hall–Kier alpha value is -3.16. The number of imidazole rings is 1. The first kappa shape index (κ1) is 21.1. The lowest BCUT2D eigenvalue weighted by Crippen LogP contribution is -2.65. The lowest BCUT2D eigenvalue weighted by molar-refractivity contribution is -0.127. The van der Waals surface area contributed by atoms with Crippen LogP contribution < -0.4 is 10.2 Å². The number of methoxy groups -OCH3 is 1. The van der Waals surface area contributed by atoms with Crippen molar-refractivity contribution in [2.45, 2.75) is 64.6 Å². The summed E-state index contributed by atoms with van der Waals surface area (Å²) in [5.41, 5.74) is 1.50. The van der Waals surface area contributed by atoms with Crippen LogP contribution in [0.4, 0.5) is 5.69 Å². The topological polar surface area (TPSA) is 93.5 Å². The Kier molecular flexibility index (Phi) is 5.33. The van der Waals surface area contributed by atoms with E-state index in [4.69, 9.17) is 4.74 Å². The Bertz CT molecular complexity index is 1030. The molecule has 0 saturated heterocycles. The number of hydrogen-bond donors (Lipinski definition) is 1. The largest absolute Gasteiger partial charge is 0.464 e. The highest BCUT2D eigenvalue weighted by atomic mass is 16.5. The first-order valence-electron chi connectivity index (χ1n) is 10.6. The number of aryl methyl sites for hydroxylation is 2. The molecule has 0 radical (unpaired) electrons. The van der Waals surface area contributed by atoms with Crippen molar-refractivity contribution in [2.75, 3.05) is 12.0 Å². The molecule has 1 aromatic carbocycles. The van der Waals surface area contributed by atoms with Crippen molar-refractivity contribution in [3.63, 3.8) is 0 Å². The van der Waals surface area contributed by atoms with Crippen molar-refractivity contribution in [2.24, 2.45) is 0 Å². The second-order valence-electron chi connectivity index (χ2n) is 8.78.